The molecule has 19 heavy (non-hydrogen) atoms. The van der Waals surface area contributed by atoms with Gasteiger partial charge in [0.1, 0.15) is 18.5 Å². The van der Waals surface area contributed by atoms with Crippen molar-refractivity contribution >= 4 is 5.57 Å². The van der Waals surface area contributed by atoms with Crippen LogP contribution in [0.25, 0.3) is 5.57 Å². The van der Waals surface area contributed by atoms with Crippen molar-refractivity contribution in [3.05, 3.63) is 36.4 Å². The highest BCUT2D eigenvalue weighted by molar-refractivity contribution is 5.64. The van der Waals surface area contributed by atoms with E-state index in [0.717, 1.165) is 18.8 Å². The molecule has 104 valence electrons. The molecule has 1 saturated heterocycles. The van der Waals surface area contributed by atoms with Gasteiger partial charge in [0.25, 0.3) is 0 Å². The highest BCUT2D eigenvalue weighted by atomic mass is 16.6. The molecule has 1 atom stereocenters. The van der Waals surface area contributed by atoms with Gasteiger partial charge in [-0.1, -0.05) is 44.9 Å². The highest BCUT2D eigenvalue weighted by Crippen LogP contribution is 2.24. The van der Waals surface area contributed by atoms with Gasteiger partial charge in [0.05, 0.1) is 6.61 Å². The van der Waals surface area contributed by atoms with Gasteiger partial charge in [-0.15, -0.1) is 0 Å². The Hall–Kier alpha value is -1.28. The number of unbranched alkanes of at least 4 members (excludes halogenated alkanes) is 3. The van der Waals surface area contributed by atoms with E-state index in [9.17, 15) is 0 Å². The molecule has 0 aromatic heterocycles. The smallest absolute Gasteiger partial charge is 0.120 e. The van der Waals surface area contributed by atoms with Gasteiger partial charge < -0.3 is 9.47 Å². The fourth-order valence-corrected chi connectivity index (χ4v) is 2.07. The second kappa shape index (κ2) is 7.34. The molecule has 2 heteroatoms. The average Bonchev–Trinajstić information content (AvgIpc) is 3.26. The van der Waals surface area contributed by atoms with E-state index in [-0.39, 0.29) is 0 Å². The van der Waals surface area contributed by atoms with E-state index in [4.69, 9.17) is 9.47 Å². The summed E-state index contributed by atoms with van der Waals surface area (Å²) in [4.78, 5) is 0. The zero-order valence-electron chi connectivity index (χ0n) is 11.9. The molecular formula is C17H24O2. The molecule has 1 fully saturated rings. The first kappa shape index (κ1) is 14.1. The van der Waals surface area contributed by atoms with E-state index < -0.39 is 0 Å². The monoisotopic (exact) mass is 260 g/mol. The Morgan fingerprint density at radius 2 is 2.21 bits per heavy atom. The quantitative estimate of drug-likeness (QED) is 0.483. The van der Waals surface area contributed by atoms with Crippen LogP contribution in [0.2, 0.25) is 0 Å². The molecule has 1 aromatic carbocycles. The van der Waals surface area contributed by atoms with Crippen molar-refractivity contribution in [2.75, 3.05) is 13.2 Å². The third kappa shape index (κ3) is 5.07. The van der Waals surface area contributed by atoms with Crippen LogP contribution >= 0.6 is 0 Å². The summed E-state index contributed by atoms with van der Waals surface area (Å²) in [5.41, 5.74) is 2.41. The molecular weight excluding hydrogens is 236 g/mol. The van der Waals surface area contributed by atoms with Crippen LogP contribution in [0, 0.1) is 0 Å². The number of hydrogen-bond acceptors (Lipinski definition) is 2. The zero-order chi connectivity index (χ0) is 13.5. The van der Waals surface area contributed by atoms with Crippen molar-refractivity contribution in [1.29, 1.82) is 0 Å². The lowest BCUT2D eigenvalue weighted by Gasteiger charge is -2.09. The molecule has 1 aliphatic rings. The van der Waals surface area contributed by atoms with E-state index in [1.807, 2.05) is 12.1 Å². The number of benzene rings is 1. The van der Waals surface area contributed by atoms with Crippen molar-refractivity contribution in [1.82, 2.24) is 0 Å². The lowest BCUT2D eigenvalue weighted by Crippen LogP contribution is -2.04. The molecule has 0 radical (unpaired) electrons. The van der Waals surface area contributed by atoms with Crippen molar-refractivity contribution in [3.63, 3.8) is 0 Å². The first-order valence-corrected chi connectivity index (χ1v) is 7.32. The Bertz CT molecular complexity index is 407. The summed E-state index contributed by atoms with van der Waals surface area (Å²) in [5.74, 6) is 0.919. The fourth-order valence-electron chi connectivity index (χ4n) is 2.07. The van der Waals surface area contributed by atoms with Crippen LogP contribution in [0.5, 0.6) is 5.75 Å². The molecule has 0 aliphatic carbocycles. The summed E-state index contributed by atoms with van der Waals surface area (Å²) in [6.07, 6.45) is 6.51. The van der Waals surface area contributed by atoms with Gasteiger partial charge in [-0.2, -0.15) is 0 Å². The molecule has 1 unspecified atom stereocenters. The summed E-state index contributed by atoms with van der Waals surface area (Å²) < 4.78 is 10.8. The van der Waals surface area contributed by atoms with Crippen LogP contribution in [0.3, 0.4) is 0 Å². The predicted molar refractivity (Wildman–Crippen MR) is 79.5 cm³/mol. The van der Waals surface area contributed by atoms with Crippen molar-refractivity contribution < 1.29 is 9.47 Å². The molecule has 1 aromatic rings. The van der Waals surface area contributed by atoms with E-state index in [0.29, 0.717) is 12.7 Å². The zero-order valence-corrected chi connectivity index (χ0v) is 11.9. The summed E-state index contributed by atoms with van der Waals surface area (Å²) in [7, 11) is 0. The molecule has 0 saturated carbocycles. The second-order valence-electron chi connectivity index (χ2n) is 5.21. The topological polar surface area (TPSA) is 21.8 Å². The van der Waals surface area contributed by atoms with Gasteiger partial charge in [-0.05, 0) is 36.1 Å². The average molecular weight is 260 g/mol. The van der Waals surface area contributed by atoms with E-state index in [2.05, 4.69) is 25.6 Å². The van der Waals surface area contributed by atoms with Gasteiger partial charge in [0.2, 0.25) is 0 Å². The van der Waals surface area contributed by atoms with Crippen LogP contribution in [0.15, 0.2) is 30.8 Å². The Balaban J connectivity index is 1.80. The molecule has 2 nitrogen and oxygen atoms in total. The predicted octanol–water partition coefficient (Wildman–Crippen LogP) is 4.45. The maximum absolute atomic E-state index is 5.70. The number of rotatable bonds is 9. The first-order valence-electron chi connectivity index (χ1n) is 7.32. The van der Waals surface area contributed by atoms with Crippen LogP contribution in [-0.4, -0.2) is 19.3 Å². The summed E-state index contributed by atoms with van der Waals surface area (Å²) in [6.45, 7) is 7.92. The van der Waals surface area contributed by atoms with E-state index in [1.54, 1.807) is 0 Å². The molecule has 0 N–H and O–H groups in total. The Morgan fingerprint density at radius 3 is 2.95 bits per heavy atom. The van der Waals surface area contributed by atoms with Crippen LogP contribution in [0.1, 0.15) is 44.6 Å². The molecule has 0 spiro atoms. The van der Waals surface area contributed by atoms with Crippen LogP contribution in [-0.2, 0) is 4.74 Å². The first-order chi connectivity index (χ1) is 9.29. The number of epoxide rings is 1. The normalized spacial score (nSPS) is 17.2. The minimum absolute atomic E-state index is 0.306. The molecule has 2 rings (SSSR count). The summed E-state index contributed by atoms with van der Waals surface area (Å²) >= 11 is 0. The van der Waals surface area contributed by atoms with Gasteiger partial charge in [-0.3, -0.25) is 0 Å². The minimum atomic E-state index is 0.306. The fraction of sp³-hybridized carbons (Fsp3) is 0.529. The maximum Gasteiger partial charge on any atom is 0.120 e. The number of ether oxygens (including phenoxy) is 2. The van der Waals surface area contributed by atoms with E-state index in [1.165, 1.54) is 36.8 Å². The largest absolute Gasteiger partial charge is 0.491 e. The SMILES string of the molecule is C=C(CCCCCC)c1cccc(OCC2CO2)c1. The molecule has 0 amide bonds. The Labute approximate surface area is 116 Å². The number of hydrogen-bond donors (Lipinski definition) is 0. The lowest BCUT2D eigenvalue weighted by atomic mass is 10.0. The Kier molecular flexibility index (Phi) is 5.46. The van der Waals surface area contributed by atoms with Gasteiger partial charge in [-0.25, -0.2) is 0 Å². The Morgan fingerprint density at radius 1 is 1.37 bits per heavy atom. The van der Waals surface area contributed by atoms with Gasteiger partial charge in [0, 0.05) is 0 Å². The van der Waals surface area contributed by atoms with Crippen molar-refractivity contribution in [2.45, 2.75) is 45.1 Å². The lowest BCUT2D eigenvalue weighted by molar-refractivity contribution is 0.263. The van der Waals surface area contributed by atoms with Crippen molar-refractivity contribution in [2.24, 2.45) is 0 Å². The molecule has 0 bridgehead atoms. The maximum atomic E-state index is 5.70. The third-order valence-corrected chi connectivity index (χ3v) is 3.41. The highest BCUT2D eigenvalue weighted by Gasteiger charge is 2.23. The summed E-state index contributed by atoms with van der Waals surface area (Å²) in [6, 6.07) is 8.24. The van der Waals surface area contributed by atoms with E-state index >= 15 is 0 Å². The van der Waals surface area contributed by atoms with Crippen LogP contribution < -0.4 is 4.74 Å². The second-order valence-corrected chi connectivity index (χ2v) is 5.21. The van der Waals surface area contributed by atoms with Crippen molar-refractivity contribution in [3.8, 4) is 5.75 Å². The number of allylic oxidation sites excluding steroid dienone is 1. The minimum Gasteiger partial charge on any atom is -0.491 e. The van der Waals surface area contributed by atoms with Crippen LogP contribution in [0.4, 0.5) is 0 Å². The van der Waals surface area contributed by atoms with Gasteiger partial charge in [0.15, 0.2) is 0 Å². The standard InChI is InChI=1S/C17H24O2/c1-3-4-5-6-8-14(2)15-9-7-10-16(11-15)18-12-17-13-19-17/h7,9-11,17H,2-6,8,12-13H2,1H3. The molecule has 1 heterocycles. The third-order valence-electron chi connectivity index (χ3n) is 3.41. The molecule has 1 aliphatic heterocycles. The summed E-state index contributed by atoms with van der Waals surface area (Å²) in [5, 5.41) is 0. The van der Waals surface area contributed by atoms with Gasteiger partial charge >= 0.3 is 0 Å².